The molecule has 0 aliphatic rings. The zero-order valence-corrected chi connectivity index (χ0v) is 15.3. The number of ether oxygens (including phenoxy) is 1. The SMILES string of the molecule is C=CCNc1nnc(SCC(=O)NCc2ccc(C(=O)OC)cc2)s1. The molecule has 7 nitrogen and oxygen atoms in total. The summed E-state index contributed by atoms with van der Waals surface area (Å²) in [6.45, 7) is 4.63. The number of benzene rings is 1. The van der Waals surface area contributed by atoms with Crippen molar-refractivity contribution in [2.75, 3.05) is 24.7 Å². The molecule has 0 radical (unpaired) electrons. The van der Waals surface area contributed by atoms with E-state index in [0.717, 1.165) is 9.90 Å². The Morgan fingerprint density at radius 3 is 2.76 bits per heavy atom. The number of hydrogen-bond acceptors (Lipinski definition) is 8. The van der Waals surface area contributed by atoms with Crippen LogP contribution in [0.4, 0.5) is 5.13 Å². The minimum absolute atomic E-state index is 0.0992. The number of thioether (sulfide) groups is 1. The first-order valence-corrected chi connectivity index (χ1v) is 9.17. The second kappa shape index (κ2) is 9.80. The maximum absolute atomic E-state index is 11.9. The molecule has 0 aliphatic heterocycles. The highest BCUT2D eigenvalue weighted by molar-refractivity contribution is 8.01. The molecule has 25 heavy (non-hydrogen) atoms. The number of nitrogens with zero attached hydrogens (tertiary/aromatic N) is 2. The van der Waals surface area contributed by atoms with Gasteiger partial charge in [0.2, 0.25) is 11.0 Å². The van der Waals surface area contributed by atoms with Crippen LogP contribution in [-0.4, -0.2) is 41.5 Å². The van der Waals surface area contributed by atoms with E-state index in [0.29, 0.717) is 23.8 Å². The van der Waals surface area contributed by atoms with Gasteiger partial charge in [-0.25, -0.2) is 4.79 Å². The van der Waals surface area contributed by atoms with Gasteiger partial charge < -0.3 is 15.4 Å². The summed E-state index contributed by atoms with van der Waals surface area (Å²) in [5.41, 5.74) is 1.38. The van der Waals surface area contributed by atoms with Crippen LogP contribution >= 0.6 is 23.1 Å². The Morgan fingerprint density at radius 1 is 1.32 bits per heavy atom. The minimum atomic E-state index is -0.383. The van der Waals surface area contributed by atoms with Crippen LogP contribution in [0.3, 0.4) is 0 Å². The summed E-state index contributed by atoms with van der Waals surface area (Å²) in [4.78, 5) is 23.3. The Morgan fingerprint density at radius 2 is 2.08 bits per heavy atom. The average molecular weight is 378 g/mol. The Hall–Kier alpha value is -2.39. The molecular formula is C16H18N4O3S2. The molecule has 0 bridgehead atoms. The molecule has 0 saturated carbocycles. The lowest BCUT2D eigenvalue weighted by molar-refractivity contribution is -0.118. The van der Waals surface area contributed by atoms with Crippen LogP contribution in [0.2, 0.25) is 0 Å². The number of esters is 1. The molecule has 0 unspecified atom stereocenters. The van der Waals surface area contributed by atoms with Crippen molar-refractivity contribution in [3.8, 4) is 0 Å². The Labute approximate surface area is 153 Å². The van der Waals surface area contributed by atoms with Gasteiger partial charge in [-0.15, -0.1) is 16.8 Å². The van der Waals surface area contributed by atoms with Crippen LogP contribution in [0.25, 0.3) is 0 Å². The van der Waals surface area contributed by atoms with Crippen molar-refractivity contribution in [2.24, 2.45) is 0 Å². The van der Waals surface area contributed by atoms with E-state index in [-0.39, 0.29) is 17.6 Å². The molecule has 1 aromatic heterocycles. The number of amides is 1. The molecule has 2 aromatic rings. The van der Waals surface area contributed by atoms with E-state index in [1.165, 1.54) is 30.2 Å². The number of carbonyl (C=O) groups excluding carboxylic acids is 2. The predicted octanol–water partition coefficient (Wildman–Crippen LogP) is 2.33. The zero-order valence-electron chi connectivity index (χ0n) is 13.7. The summed E-state index contributed by atoms with van der Waals surface area (Å²) < 4.78 is 5.37. The Bertz CT molecular complexity index is 731. The number of methoxy groups -OCH3 is 1. The van der Waals surface area contributed by atoms with Crippen LogP contribution in [0.1, 0.15) is 15.9 Å². The lowest BCUT2D eigenvalue weighted by atomic mass is 10.1. The van der Waals surface area contributed by atoms with Gasteiger partial charge in [0.05, 0.1) is 18.4 Å². The van der Waals surface area contributed by atoms with Gasteiger partial charge in [-0.05, 0) is 17.7 Å². The van der Waals surface area contributed by atoms with Crippen LogP contribution in [-0.2, 0) is 16.1 Å². The second-order valence-electron chi connectivity index (χ2n) is 4.80. The topological polar surface area (TPSA) is 93.2 Å². The van der Waals surface area contributed by atoms with Gasteiger partial charge >= 0.3 is 5.97 Å². The molecule has 132 valence electrons. The maximum atomic E-state index is 11.9. The highest BCUT2D eigenvalue weighted by Crippen LogP contribution is 2.25. The van der Waals surface area contributed by atoms with E-state index in [4.69, 9.17) is 0 Å². The predicted molar refractivity (Wildman–Crippen MR) is 98.9 cm³/mol. The molecule has 0 saturated heterocycles. The zero-order chi connectivity index (χ0) is 18.1. The lowest BCUT2D eigenvalue weighted by Gasteiger charge is -2.05. The number of aromatic nitrogens is 2. The van der Waals surface area contributed by atoms with Gasteiger partial charge in [0.25, 0.3) is 0 Å². The molecule has 2 N–H and O–H groups in total. The minimum Gasteiger partial charge on any atom is -0.465 e. The monoisotopic (exact) mass is 378 g/mol. The molecule has 0 fully saturated rings. The Balaban J connectivity index is 1.74. The molecule has 1 aromatic carbocycles. The van der Waals surface area contributed by atoms with Crippen molar-refractivity contribution in [1.29, 1.82) is 0 Å². The fourth-order valence-electron chi connectivity index (χ4n) is 1.75. The molecule has 0 spiro atoms. The van der Waals surface area contributed by atoms with Gasteiger partial charge in [-0.2, -0.15) is 0 Å². The van der Waals surface area contributed by atoms with Gasteiger partial charge in [0.15, 0.2) is 4.34 Å². The first kappa shape index (κ1) is 18.9. The van der Waals surface area contributed by atoms with Gasteiger partial charge in [0, 0.05) is 13.1 Å². The van der Waals surface area contributed by atoms with Gasteiger partial charge in [0.1, 0.15) is 0 Å². The van der Waals surface area contributed by atoms with Crippen molar-refractivity contribution in [3.05, 3.63) is 48.0 Å². The van der Waals surface area contributed by atoms with Crippen LogP contribution in [0, 0.1) is 0 Å². The van der Waals surface area contributed by atoms with E-state index in [2.05, 4.69) is 32.1 Å². The van der Waals surface area contributed by atoms with E-state index in [1.54, 1.807) is 30.3 Å². The number of hydrogen-bond donors (Lipinski definition) is 2. The Kier molecular flexibility index (Phi) is 7.42. The molecule has 9 heteroatoms. The summed E-state index contributed by atoms with van der Waals surface area (Å²) in [6, 6.07) is 6.89. The molecule has 0 aliphatic carbocycles. The molecular weight excluding hydrogens is 360 g/mol. The number of carbonyl (C=O) groups is 2. The van der Waals surface area contributed by atoms with Crippen molar-refractivity contribution in [2.45, 2.75) is 10.9 Å². The molecule has 1 heterocycles. The first-order valence-electron chi connectivity index (χ1n) is 7.37. The molecule has 1 amide bonds. The largest absolute Gasteiger partial charge is 0.465 e. The third-order valence-corrected chi connectivity index (χ3v) is 5.01. The maximum Gasteiger partial charge on any atom is 0.337 e. The summed E-state index contributed by atoms with van der Waals surface area (Å²) in [5.74, 6) is -0.222. The highest BCUT2D eigenvalue weighted by atomic mass is 32.2. The first-order chi connectivity index (χ1) is 12.1. The van der Waals surface area contributed by atoms with E-state index in [9.17, 15) is 9.59 Å². The lowest BCUT2D eigenvalue weighted by Crippen LogP contribution is -2.24. The number of rotatable bonds is 9. The van der Waals surface area contributed by atoms with E-state index >= 15 is 0 Å². The summed E-state index contributed by atoms with van der Waals surface area (Å²) in [5, 5.41) is 14.6. The van der Waals surface area contributed by atoms with Gasteiger partial charge in [-0.3, -0.25) is 4.79 Å². The van der Waals surface area contributed by atoms with Crippen LogP contribution in [0.5, 0.6) is 0 Å². The number of anilines is 1. The quantitative estimate of drug-likeness (QED) is 0.393. The second-order valence-corrected chi connectivity index (χ2v) is 7.00. The third-order valence-electron chi connectivity index (χ3n) is 3.00. The van der Waals surface area contributed by atoms with Crippen molar-refractivity contribution in [1.82, 2.24) is 15.5 Å². The van der Waals surface area contributed by atoms with Gasteiger partial charge in [-0.1, -0.05) is 41.3 Å². The summed E-state index contributed by atoms with van der Waals surface area (Å²) in [6.07, 6.45) is 1.74. The normalized spacial score (nSPS) is 10.1. The van der Waals surface area contributed by atoms with E-state index < -0.39 is 0 Å². The standard InChI is InChI=1S/C16H18N4O3S2/c1-3-8-17-15-19-20-16(25-15)24-10-13(21)18-9-11-4-6-12(7-5-11)14(22)23-2/h3-7H,1,8-10H2,2H3,(H,17,19)(H,18,21). The van der Waals surface area contributed by atoms with Crippen molar-refractivity contribution >= 4 is 40.1 Å². The number of nitrogens with one attached hydrogen (secondary N) is 2. The van der Waals surface area contributed by atoms with Crippen molar-refractivity contribution < 1.29 is 14.3 Å². The van der Waals surface area contributed by atoms with Crippen molar-refractivity contribution in [3.63, 3.8) is 0 Å². The summed E-state index contributed by atoms with van der Waals surface area (Å²) in [7, 11) is 1.34. The third kappa shape index (κ3) is 6.20. The smallest absolute Gasteiger partial charge is 0.337 e. The fraction of sp³-hybridized carbons (Fsp3) is 0.250. The molecule has 2 rings (SSSR count). The highest BCUT2D eigenvalue weighted by Gasteiger charge is 2.08. The molecule has 0 atom stereocenters. The van der Waals surface area contributed by atoms with Crippen LogP contribution < -0.4 is 10.6 Å². The van der Waals surface area contributed by atoms with Crippen LogP contribution in [0.15, 0.2) is 41.3 Å². The summed E-state index contributed by atoms with van der Waals surface area (Å²) >= 11 is 2.73. The average Bonchev–Trinajstić information content (AvgIpc) is 3.10. The van der Waals surface area contributed by atoms with E-state index in [1.807, 2.05) is 0 Å². The fourth-order valence-corrected chi connectivity index (χ4v) is 3.34.